The summed E-state index contributed by atoms with van der Waals surface area (Å²) in [6.45, 7) is 0.551. The number of benzene rings is 2. The fourth-order valence-corrected chi connectivity index (χ4v) is 2.40. The van der Waals surface area contributed by atoms with E-state index in [0.717, 1.165) is 5.56 Å². The summed E-state index contributed by atoms with van der Waals surface area (Å²) in [5.41, 5.74) is 3.80. The first kappa shape index (κ1) is 18.1. The highest BCUT2D eigenvalue weighted by molar-refractivity contribution is 7.80. The van der Waals surface area contributed by atoms with E-state index in [1.165, 1.54) is 18.3 Å². The minimum absolute atomic E-state index is 0.0323. The largest absolute Gasteiger partial charge is 0.357 e. The summed E-state index contributed by atoms with van der Waals surface area (Å²) < 4.78 is 0. The monoisotopic (exact) mass is 382 g/mol. The summed E-state index contributed by atoms with van der Waals surface area (Å²) in [6.07, 6.45) is 1.34. The van der Waals surface area contributed by atoms with E-state index in [9.17, 15) is 10.1 Å². The normalized spacial score (nSPS) is 10.6. The Bertz CT molecular complexity index is 785. The van der Waals surface area contributed by atoms with Crippen LogP contribution in [0.3, 0.4) is 0 Å². The van der Waals surface area contributed by atoms with Gasteiger partial charge in [0.2, 0.25) is 0 Å². The zero-order valence-electron chi connectivity index (χ0n) is 12.2. The van der Waals surface area contributed by atoms with Gasteiger partial charge in [-0.2, -0.15) is 5.10 Å². The van der Waals surface area contributed by atoms with Gasteiger partial charge in [0.1, 0.15) is 5.02 Å². The molecule has 0 aromatic heterocycles. The highest BCUT2D eigenvalue weighted by Gasteiger charge is 2.15. The van der Waals surface area contributed by atoms with Crippen LogP contribution in [-0.4, -0.2) is 16.3 Å². The first-order valence-electron chi connectivity index (χ1n) is 6.71. The van der Waals surface area contributed by atoms with Crippen LogP contribution >= 0.6 is 35.4 Å². The second-order valence-electron chi connectivity index (χ2n) is 4.62. The van der Waals surface area contributed by atoms with E-state index < -0.39 is 4.92 Å². The molecule has 124 valence electrons. The molecule has 0 unspecified atom stereocenters. The number of nitro benzene ring substituents is 1. The zero-order chi connectivity index (χ0) is 17.5. The van der Waals surface area contributed by atoms with Crippen molar-refractivity contribution in [3.8, 4) is 0 Å². The predicted octanol–water partition coefficient (Wildman–Crippen LogP) is 3.90. The average molecular weight is 383 g/mol. The molecule has 0 spiro atoms. The van der Waals surface area contributed by atoms with Crippen molar-refractivity contribution in [1.29, 1.82) is 0 Å². The zero-order valence-corrected chi connectivity index (χ0v) is 14.5. The van der Waals surface area contributed by atoms with E-state index in [2.05, 4.69) is 15.8 Å². The predicted molar refractivity (Wildman–Crippen MR) is 99.7 cm³/mol. The summed E-state index contributed by atoms with van der Waals surface area (Å²) in [4.78, 5) is 10.3. The highest BCUT2D eigenvalue weighted by Crippen LogP contribution is 2.29. The minimum atomic E-state index is -0.588. The maximum Gasteiger partial charge on any atom is 0.288 e. The topological polar surface area (TPSA) is 79.6 Å². The second kappa shape index (κ2) is 8.58. The molecule has 0 aliphatic heterocycles. The molecule has 0 fully saturated rings. The number of hydrogen-bond acceptors (Lipinski definition) is 4. The molecule has 0 heterocycles. The van der Waals surface area contributed by atoms with E-state index in [1.807, 2.05) is 30.3 Å². The van der Waals surface area contributed by atoms with Gasteiger partial charge in [-0.1, -0.05) is 53.5 Å². The van der Waals surface area contributed by atoms with Crippen molar-refractivity contribution in [2.75, 3.05) is 0 Å². The van der Waals surface area contributed by atoms with Crippen molar-refractivity contribution in [3.63, 3.8) is 0 Å². The molecule has 0 saturated heterocycles. The molecule has 0 radical (unpaired) electrons. The molecular formula is C15H12Cl2N4O2S. The van der Waals surface area contributed by atoms with Crippen molar-refractivity contribution >= 4 is 52.4 Å². The van der Waals surface area contributed by atoms with E-state index >= 15 is 0 Å². The van der Waals surface area contributed by atoms with Gasteiger partial charge in [-0.15, -0.1) is 0 Å². The lowest BCUT2D eigenvalue weighted by Gasteiger charge is -2.07. The average Bonchev–Trinajstić information content (AvgIpc) is 2.55. The molecule has 0 aliphatic carbocycles. The van der Waals surface area contributed by atoms with Crippen LogP contribution in [-0.2, 0) is 6.54 Å². The number of halogens is 2. The molecule has 6 nitrogen and oxygen atoms in total. The molecule has 9 heteroatoms. The lowest BCUT2D eigenvalue weighted by Crippen LogP contribution is -2.31. The van der Waals surface area contributed by atoms with Gasteiger partial charge in [-0.25, -0.2) is 0 Å². The Morgan fingerprint density at radius 1 is 1.25 bits per heavy atom. The molecule has 24 heavy (non-hydrogen) atoms. The van der Waals surface area contributed by atoms with Gasteiger partial charge in [-0.3, -0.25) is 15.5 Å². The Hall–Kier alpha value is -2.22. The summed E-state index contributed by atoms with van der Waals surface area (Å²) in [7, 11) is 0. The fraction of sp³-hybridized carbons (Fsp3) is 0.0667. The van der Waals surface area contributed by atoms with Crippen LogP contribution in [0.25, 0.3) is 0 Å². The van der Waals surface area contributed by atoms with E-state index in [0.29, 0.717) is 17.2 Å². The van der Waals surface area contributed by atoms with Gasteiger partial charge >= 0.3 is 0 Å². The van der Waals surface area contributed by atoms with Crippen LogP contribution in [0.2, 0.25) is 10.0 Å². The third kappa shape index (κ3) is 5.16. The lowest BCUT2D eigenvalue weighted by atomic mass is 10.2. The minimum Gasteiger partial charge on any atom is -0.357 e. The Balaban J connectivity index is 1.95. The quantitative estimate of drug-likeness (QED) is 0.354. The van der Waals surface area contributed by atoms with Gasteiger partial charge < -0.3 is 5.32 Å². The van der Waals surface area contributed by atoms with Crippen LogP contribution in [0.5, 0.6) is 0 Å². The highest BCUT2D eigenvalue weighted by atomic mass is 35.5. The summed E-state index contributed by atoms with van der Waals surface area (Å²) in [5.74, 6) is 0. The van der Waals surface area contributed by atoms with Crippen molar-refractivity contribution in [1.82, 2.24) is 10.7 Å². The molecule has 2 rings (SSSR count). The third-order valence-electron chi connectivity index (χ3n) is 2.93. The number of nitro groups is 1. The van der Waals surface area contributed by atoms with Gasteiger partial charge in [0.05, 0.1) is 16.2 Å². The molecule has 0 atom stereocenters. The third-order valence-corrected chi connectivity index (χ3v) is 3.79. The second-order valence-corrected chi connectivity index (χ2v) is 5.84. The molecule has 0 bridgehead atoms. The van der Waals surface area contributed by atoms with Crippen molar-refractivity contribution in [2.24, 2.45) is 5.10 Å². The first-order chi connectivity index (χ1) is 11.5. The molecular weight excluding hydrogens is 371 g/mol. The van der Waals surface area contributed by atoms with Crippen LogP contribution in [0.4, 0.5) is 5.69 Å². The van der Waals surface area contributed by atoms with E-state index in [1.54, 1.807) is 0 Å². The molecule has 0 aliphatic rings. The van der Waals surface area contributed by atoms with Crippen molar-refractivity contribution in [2.45, 2.75) is 6.54 Å². The Morgan fingerprint density at radius 3 is 2.62 bits per heavy atom. The maximum atomic E-state index is 10.9. The van der Waals surface area contributed by atoms with E-state index in [4.69, 9.17) is 35.4 Å². The molecule has 2 aromatic carbocycles. The number of rotatable bonds is 5. The van der Waals surface area contributed by atoms with Crippen molar-refractivity contribution in [3.05, 3.63) is 73.8 Å². The van der Waals surface area contributed by atoms with E-state index in [-0.39, 0.29) is 15.7 Å². The van der Waals surface area contributed by atoms with Gasteiger partial charge in [-0.05, 0) is 23.8 Å². The molecule has 2 aromatic rings. The van der Waals surface area contributed by atoms with Crippen LogP contribution in [0.1, 0.15) is 11.1 Å². The molecule has 0 saturated carbocycles. The number of nitrogens with one attached hydrogen (secondary N) is 2. The van der Waals surface area contributed by atoms with Crippen LogP contribution < -0.4 is 10.7 Å². The van der Waals surface area contributed by atoms with Gasteiger partial charge in [0, 0.05) is 18.2 Å². The standard InChI is InChI=1S/C15H12Cl2N4O2S/c16-12-7-13(17)14(21(22)23)6-11(12)9-19-20-15(24)18-8-10-4-2-1-3-5-10/h1-7,9H,8H2,(H2,18,20,24)/b19-9+. The Kier molecular flexibility index (Phi) is 6.48. The summed E-state index contributed by atoms with van der Waals surface area (Å²) >= 11 is 16.8. The number of hydrazone groups is 1. The fourth-order valence-electron chi connectivity index (χ4n) is 1.77. The number of hydrogen-bond donors (Lipinski definition) is 2. The Morgan fingerprint density at radius 2 is 1.96 bits per heavy atom. The van der Waals surface area contributed by atoms with Gasteiger partial charge in [0.15, 0.2) is 5.11 Å². The smallest absolute Gasteiger partial charge is 0.288 e. The number of nitrogens with zero attached hydrogens (tertiary/aromatic N) is 2. The Labute approximate surface area is 153 Å². The summed E-state index contributed by atoms with van der Waals surface area (Å²) in [6, 6.07) is 12.3. The van der Waals surface area contributed by atoms with Gasteiger partial charge in [0.25, 0.3) is 5.69 Å². The number of thiocarbonyl (C=S) groups is 1. The summed E-state index contributed by atoms with van der Waals surface area (Å²) in [5, 5.41) is 18.3. The maximum absolute atomic E-state index is 10.9. The SMILES string of the molecule is O=[N+]([O-])c1cc(/C=N/NC(=S)NCc2ccccc2)c(Cl)cc1Cl. The molecule has 2 N–H and O–H groups in total. The lowest BCUT2D eigenvalue weighted by molar-refractivity contribution is -0.384. The molecule has 0 amide bonds. The first-order valence-corrected chi connectivity index (χ1v) is 7.88. The van der Waals surface area contributed by atoms with Crippen LogP contribution in [0.15, 0.2) is 47.6 Å². The van der Waals surface area contributed by atoms with Crippen LogP contribution in [0, 0.1) is 10.1 Å². The van der Waals surface area contributed by atoms with Crippen molar-refractivity contribution < 1.29 is 4.92 Å².